The molecule has 20 heavy (non-hydrogen) atoms. The molecule has 1 aromatic heterocycles. The van der Waals surface area contributed by atoms with Crippen LogP contribution >= 0.6 is 0 Å². The van der Waals surface area contributed by atoms with Gasteiger partial charge in [-0.1, -0.05) is 20.8 Å². The Balaban J connectivity index is 2.34. The van der Waals surface area contributed by atoms with Crippen LogP contribution in [0.25, 0.3) is 0 Å². The highest BCUT2D eigenvalue weighted by Crippen LogP contribution is 2.29. The zero-order valence-electron chi connectivity index (χ0n) is 11.9. The Hall–Kier alpha value is -1.44. The number of hydrogen-bond donors (Lipinski definition) is 0. The molecule has 0 N–H and O–H groups in total. The number of aromatic nitrogens is 2. The Morgan fingerprint density at radius 1 is 1.40 bits per heavy atom. The molecule has 1 atom stereocenters. The minimum absolute atomic E-state index is 0.166. The summed E-state index contributed by atoms with van der Waals surface area (Å²) in [7, 11) is -3.03. The van der Waals surface area contributed by atoms with Crippen LogP contribution in [-0.4, -0.2) is 35.9 Å². The summed E-state index contributed by atoms with van der Waals surface area (Å²) in [5, 5.41) is 3.04. The third kappa shape index (κ3) is 2.70. The van der Waals surface area contributed by atoms with Crippen molar-refractivity contribution in [2.45, 2.75) is 37.9 Å². The van der Waals surface area contributed by atoms with E-state index in [0.717, 1.165) is 5.69 Å². The van der Waals surface area contributed by atoms with Crippen molar-refractivity contribution < 1.29 is 17.1 Å². The van der Waals surface area contributed by atoms with Gasteiger partial charge >= 0.3 is 10.2 Å². The molecule has 2 heterocycles. The van der Waals surface area contributed by atoms with Crippen molar-refractivity contribution >= 4 is 21.9 Å². The molecular formula is C12H18FN3O3S. The molecule has 1 aliphatic rings. The first-order valence-corrected chi connectivity index (χ1v) is 7.73. The van der Waals surface area contributed by atoms with Crippen LogP contribution in [0, 0.1) is 0 Å². The zero-order chi connectivity index (χ0) is 15.3. The van der Waals surface area contributed by atoms with Crippen molar-refractivity contribution in [1.82, 2.24) is 9.78 Å². The van der Waals surface area contributed by atoms with Crippen molar-refractivity contribution in [1.29, 1.82) is 0 Å². The normalized spacial score (nSPS) is 20.8. The minimum Gasteiger partial charge on any atom is -0.296 e. The lowest BCUT2D eigenvalue weighted by Crippen LogP contribution is -2.28. The van der Waals surface area contributed by atoms with Gasteiger partial charge in [0.1, 0.15) is 11.1 Å². The predicted molar refractivity (Wildman–Crippen MR) is 72.7 cm³/mol. The fourth-order valence-corrected chi connectivity index (χ4v) is 2.83. The summed E-state index contributed by atoms with van der Waals surface area (Å²) in [6, 6.07) is 1.74. The number of rotatable bonds is 2. The SMILES string of the molecule is Cn1nc(C(C)(C)C)cc1N1CC(S(=O)(=O)F)CC1=O. The second-order valence-electron chi connectivity index (χ2n) is 6.07. The number of anilines is 1. The van der Waals surface area contributed by atoms with E-state index < -0.39 is 21.4 Å². The maximum Gasteiger partial charge on any atom is 0.307 e. The molecule has 8 heteroatoms. The van der Waals surface area contributed by atoms with Gasteiger partial charge in [0, 0.05) is 31.5 Å². The lowest BCUT2D eigenvalue weighted by molar-refractivity contribution is -0.117. The highest BCUT2D eigenvalue weighted by molar-refractivity contribution is 7.87. The van der Waals surface area contributed by atoms with Crippen molar-refractivity contribution in [2.24, 2.45) is 7.05 Å². The van der Waals surface area contributed by atoms with Gasteiger partial charge in [0.05, 0.1) is 5.69 Å². The van der Waals surface area contributed by atoms with Crippen LogP contribution in [0.3, 0.4) is 0 Å². The maximum absolute atomic E-state index is 13.0. The lowest BCUT2D eigenvalue weighted by Gasteiger charge is -2.15. The second kappa shape index (κ2) is 4.54. The van der Waals surface area contributed by atoms with Crippen molar-refractivity contribution in [3.63, 3.8) is 0 Å². The zero-order valence-corrected chi connectivity index (χ0v) is 12.7. The van der Waals surface area contributed by atoms with Crippen LogP contribution in [0.15, 0.2) is 6.07 Å². The molecule has 112 valence electrons. The van der Waals surface area contributed by atoms with E-state index in [0.29, 0.717) is 5.82 Å². The Labute approximate surface area is 117 Å². The lowest BCUT2D eigenvalue weighted by atomic mass is 9.92. The maximum atomic E-state index is 13.0. The number of aryl methyl sites for hydroxylation is 1. The molecule has 0 aliphatic carbocycles. The number of carbonyl (C=O) groups is 1. The van der Waals surface area contributed by atoms with Gasteiger partial charge in [-0.15, -0.1) is 3.89 Å². The van der Waals surface area contributed by atoms with Crippen LogP contribution in [0.2, 0.25) is 0 Å². The highest BCUT2D eigenvalue weighted by Gasteiger charge is 2.40. The number of nitrogens with zero attached hydrogens (tertiary/aromatic N) is 3. The van der Waals surface area contributed by atoms with E-state index in [9.17, 15) is 17.1 Å². The Morgan fingerprint density at radius 3 is 2.40 bits per heavy atom. The molecule has 1 aromatic rings. The van der Waals surface area contributed by atoms with Gasteiger partial charge < -0.3 is 0 Å². The van der Waals surface area contributed by atoms with Gasteiger partial charge in [0.2, 0.25) is 5.91 Å². The largest absolute Gasteiger partial charge is 0.307 e. The van der Waals surface area contributed by atoms with Gasteiger partial charge in [0.25, 0.3) is 0 Å². The average molecular weight is 303 g/mol. The molecule has 2 rings (SSSR count). The van der Waals surface area contributed by atoms with E-state index >= 15 is 0 Å². The third-order valence-electron chi connectivity index (χ3n) is 3.39. The van der Waals surface area contributed by atoms with Crippen LogP contribution in [0.1, 0.15) is 32.9 Å². The van der Waals surface area contributed by atoms with Crippen molar-refractivity contribution in [2.75, 3.05) is 11.4 Å². The first kappa shape index (κ1) is 15.0. The molecule has 0 spiro atoms. The summed E-state index contributed by atoms with van der Waals surface area (Å²) >= 11 is 0. The smallest absolute Gasteiger partial charge is 0.296 e. The predicted octanol–water partition coefficient (Wildman–Crippen LogP) is 1.12. The van der Waals surface area contributed by atoms with E-state index in [4.69, 9.17) is 0 Å². The molecule has 1 saturated heterocycles. The average Bonchev–Trinajstić information content (AvgIpc) is 2.80. The van der Waals surface area contributed by atoms with E-state index in [1.54, 1.807) is 13.1 Å². The first-order valence-electron chi connectivity index (χ1n) is 6.28. The molecule has 0 saturated carbocycles. The van der Waals surface area contributed by atoms with Gasteiger partial charge in [-0.3, -0.25) is 14.4 Å². The molecule has 0 bridgehead atoms. The molecule has 1 unspecified atom stereocenters. The molecule has 1 fully saturated rings. The first-order chi connectivity index (χ1) is 9.00. The Morgan fingerprint density at radius 2 is 2.00 bits per heavy atom. The van der Waals surface area contributed by atoms with Gasteiger partial charge in [-0.05, 0) is 0 Å². The fraction of sp³-hybridized carbons (Fsp3) is 0.667. The summed E-state index contributed by atoms with van der Waals surface area (Å²) in [6.07, 6.45) is -0.325. The number of carbonyl (C=O) groups excluding carboxylic acids is 1. The van der Waals surface area contributed by atoms with E-state index in [2.05, 4.69) is 5.10 Å². The fourth-order valence-electron chi connectivity index (χ4n) is 2.16. The van der Waals surface area contributed by atoms with Gasteiger partial charge in [-0.25, -0.2) is 0 Å². The van der Waals surface area contributed by atoms with E-state index in [-0.39, 0.29) is 18.4 Å². The van der Waals surface area contributed by atoms with Crippen molar-refractivity contribution in [3.8, 4) is 0 Å². The minimum atomic E-state index is -4.70. The second-order valence-corrected chi connectivity index (χ2v) is 7.69. The van der Waals surface area contributed by atoms with Crippen LogP contribution in [0.4, 0.5) is 9.70 Å². The number of amides is 1. The van der Waals surface area contributed by atoms with E-state index in [1.807, 2.05) is 20.8 Å². The van der Waals surface area contributed by atoms with Crippen LogP contribution in [-0.2, 0) is 27.5 Å². The summed E-state index contributed by atoms with van der Waals surface area (Å²) in [6.45, 7) is 5.79. The number of halogens is 1. The third-order valence-corrected chi connectivity index (χ3v) is 4.50. The van der Waals surface area contributed by atoms with E-state index in [1.165, 1.54) is 9.58 Å². The van der Waals surface area contributed by atoms with Gasteiger partial charge in [-0.2, -0.15) is 13.5 Å². The Bertz CT molecular complexity index is 645. The Kier molecular flexibility index (Phi) is 3.40. The van der Waals surface area contributed by atoms with Crippen LogP contribution < -0.4 is 4.90 Å². The summed E-state index contributed by atoms with van der Waals surface area (Å²) < 4.78 is 36.4. The van der Waals surface area contributed by atoms with Gasteiger partial charge in [0.15, 0.2) is 0 Å². The van der Waals surface area contributed by atoms with Crippen LogP contribution in [0.5, 0.6) is 0 Å². The summed E-state index contributed by atoms with van der Waals surface area (Å²) in [4.78, 5) is 13.2. The standard InChI is InChI=1S/C12H18FN3O3S/c1-12(2,3)9-6-10(15(4)14-9)16-7-8(5-11(16)17)20(13,18)19/h6,8H,5,7H2,1-4H3. The molecule has 6 nitrogen and oxygen atoms in total. The monoisotopic (exact) mass is 303 g/mol. The summed E-state index contributed by atoms with van der Waals surface area (Å²) in [5.74, 6) is 0.0887. The molecular weight excluding hydrogens is 285 g/mol. The summed E-state index contributed by atoms with van der Waals surface area (Å²) in [5.41, 5.74) is 0.596. The highest BCUT2D eigenvalue weighted by atomic mass is 32.3. The quantitative estimate of drug-likeness (QED) is 0.768. The number of hydrogen-bond acceptors (Lipinski definition) is 4. The molecule has 0 aromatic carbocycles. The molecule has 1 amide bonds. The molecule has 1 aliphatic heterocycles. The van der Waals surface area contributed by atoms with Crippen molar-refractivity contribution in [3.05, 3.63) is 11.8 Å². The topological polar surface area (TPSA) is 72.3 Å². The molecule has 0 radical (unpaired) electrons.